The van der Waals surface area contributed by atoms with Crippen molar-refractivity contribution in [2.24, 2.45) is 0 Å². The second kappa shape index (κ2) is 7.60. The normalized spacial score (nSPS) is 10.5. The van der Waals surface area contributed by atoms with E-state index in [1.165, 1.54) is 0 Å². The Hall–Kier alpha value is -1.94. The number of nitrogens with zero attached hydrogens (tertiary/aromatic N) is 2. The minimum Gasteiger partial charge on any atom is -0.490 e. The van der Waals surface area contributed by atoms with Gasteiger partial charge in [-0.05, 0) is 37.6 Å². The Bertz CT molecular complexity index is 529. The Morgan fingerprint density at radius 1 is 1.20 bits per heavy atom. The predicted molar refractivity (Wildman–Crippen MR) is 79.8 cm³/mol. The highest BCUT2D eigenvalue weighted by molar-refractivity contribution is 5.29. The molecule has 4 nitrogen and oxygen atoms in total. The number of aryl methyl sites for hydroxylation is 2. The van der Waals surface area contributed by atoms with Gasteiger partial charge in [0.15, 0.2) is 0 Å². The summed E-state index contributed by atoms with van der Waals surface area (Å²) in [6.45, 7) is 6.26. The summed E-state index contributed by atoms with van der Waals surface area (Å²) in [6, 6.07) is 9.90. The highest BCUT2D eigenvalue weighted by Gasteiger charge is 2.03. The van der Waals surface area contributed by atoms with E-state index in [1.807, 2.05) is 37.3 Å². The van der Waals surface area contributed by atoms with Gasteiger partial charge in [-0.3, -0.25) is 9.97 Å². The summed E-state index contributed by atoms with van der Waals surface area (Å²) >= 11 is 0. The Balaban J connectivity index is 1.73. The van der Waals surface area contributed by atoms with Crippen LogP contribution < -0.4 is 10.1 Å². The molecule has 0 fully saturated rings. The summed E-state index contributed by atoms with van der Waals surface area (Å²) in [5.41, 5.74) is 3.09. The fourth-order valence-electron chi connectivity index (χ4n) is 1.93. The summed E-state index contributed by atoms with van der Waals surface area (Å²) in [7, 11) is 0. The lowest BCUT2D eigenvalue weighted by atomic mass is 10.2. The van der Waals surface area contributed by atoms with Crippen LogP contribution >= 0.6 is 0 Å². The van der Waals surface area contributed by atoms with E-state index < -0.39 is 0 Å². The maximum absolute atomic E-state index is 5.78. The first-order valence-electron chi connectivity index (χ1n) is 6.99. The van der Waals surface area contributed by atoms with Gasteiger partial charge in [0.25, 0.3) is 0 Å². The molecular formula is C16H21N3O. The van der Waals surface area contributed by atoms with Crippen LogP contribution in [0.25, 0.3) is 0 Å². The largest absolute Gasteiger partial charge is 0.490 e. The van der Waals surface area contributed by atoms with E-state index in [4.69, 9.17) is 4.74 Å². The highest BCUT2D eigenvalue weighted by atomic mass is 16.5. The van der Waals surface area contributed by atoms with Crippen molar-refractivity contribution in [3.05, 3.63) is 53.6 Å². The summed E-state index contributed by atoms with van der Waals surface area (Å²) in [5, 5.41) is 3.31. The van der Waals surface area contributed by atoms with Crippen molar-refractivity contribution in [3.8, 4) is 5.75 Å². The van der Waals surface area contributed by atoms with Crippen LogP contribution in [0.5, 0.6) is 5.75 Å². The van der Waals surface area contributed by atoms with Crippen LogP contribution in [0.1, 0.15) is 24.0 Å². The molecule has 0 aliphatic heterocycles. The average molecular weight is 271 g/mol. The fourth-order valence-corrected chi connectivity index (χ4v) is 1.93. The molecule has 106 valence electrons. The van der Waals surface area contributed by atoms with E-state index in [-0.39, 0.29) is 0 Å². The van der Waals surface area contributed by atoms with E-state index in [9.17, 15) is 0 Å². The molecule has 0 saturated heterocycles. The summed E-state index contributed by atoms with van der Waals surface area (Å²) in [6.07, 6.45) is 2.69. The lowest BCUT2D eigenvalue weighted by molar-refractivity contribution is 0.309. The average Bonchev–Trinajstić information content (AvgIpc) is 2.49. The minimum atomic E-state index is 0.630. The van der Waals surface area contributed by atoms with Gasteiger partial charge in [-0.25, -0.2) is 0 Å². The molecular weight excluding hydrogens is 250 g/mol. The van der Waals surface area contributed by atoms with E-state index in [2.05, 4.69) is 22.2 Å². The van der Waals surface area contributed by atoms with Crippen LogP contribution in [0.4, 0.5) is 0 Å². The van der Waals surface area contributed by atoms with Crippen LogP contribution in [0.3, 0.4) is 0 Å². The SMILES string of the molecule is CCc1nc(C)ccc1OCCNCc1ccccn1. The van der Waals surface area contributed by atoms with Gasteiger partial charge in [-0.15, -0.1) is 0 Å². The lowest BCUT2D eigenvalue weighted by Gasteiger charge is -2.11. The number of hydrogen-bond acceptors (Lipinski definition) is 4. The molecule has 2 heterocycles. The molecule has 0 spiro atoms. The van der Waals surface area contributed by atoms with Gasteiger partial charge in [0, 0.05) is 25.0 Å². The lowest BCUT2D eigenvalue weighted by Crippen LogP contribution is -2.21. The summed E-state index contributed by atoms with van der Waals surface area (Å²) in [4.78, 5) is 8.74. The Kier molecular flexibility index (Phi) is 5.50. The van der Waals surface area contributed by atoms with Crippen molar-refractivity contribution in [1.29, 1.82) is 0 Å². The third-order valence-electron chi connectivity index (χ3n) is 2.98. The van der Waals surface area contributed by atoms with Crippen LogP contribution in [-0.2, 0) is 13.0 Å². The molecule has 1 N–H and O–H groups in total. The van der Waals surface area contributed by atoms with Crippen molar-refractivity contribution < 1.29 is 4.74 Å². The van der Waals surface area contributed by atoms with Gasteiger partial charge >= 0.3 is 0 Å². The van der Waals surface area contributed by atoms with Crippen molar-refractivity contribution in [3.63, 3.8) is 0 Å². The second-order valence-electron chi connectivity index (χ2n) is 4.60. The Labute approximate surface area is 120 Å². The third-order valence-corrected chi connectivity index (χ3v) is 2.98. The number of hydrogen-bond donors (Lipinski definition) is 1. The predicted octanol–water partition coefficient (Wildman–Crippen LogP) is 2.52. The highest BCUT2D eigenvalue weighted by Crippen LogP contribution is 2.17. The van der Waals surface area contributed by atoms with Crippen LogP contribution in [-0.4, -0.2) is 23.1 Å². The van der Waals surface area contributed by atoms with Gasteiger partial charge < -0.3 is 10.1 Å². The molecule has 0 radical (unpaired) electrons. The van der Waals surface area contributed by atoms with Gasteiger partial charge in [-0.2, -0.15) is 0 Å². The molecule has 0 amide bonds. The van der Waals surface area contributed by atoms with Crippen molar-refractivity contribution >= 4 is 0 Å². The number of aromatic nitrogens is 2. The van der Waals surface area contributed by atoms with Gasteiger partial charge in [0.05, 0.1) is 11.4 Å². The monoisotopic (exact) mass is 271 g/mol. The third kappa shape index (κ3) is 4.31. The van der Waals surface area contributed by atoms with Crippen LogP contribution in [0, 0.1) is 6.92 Å². The zero-order chi connectivity index (χ0) is 14.2. The first-order valence-corrected chi connectivity index (χ1v) is 6.99. The molecule has 2 rings (SSSR count). The Morgan fingerprint density at radius 3 is 2.85 bits per heavy atom. The van der Waals surface area contributed by atoms with Crippen LogP contribution in [0.2, 0.25) is 0 Å². The quantitative estimate of drug-likeness (QED) is 0.786. The fraction of sp³-hybridized carbons (Fsp3) is 0.375. The minimum absolute atomic E-state index is 0.630. The number of rotatable bonds is 7. The molecule has 0 unspecified atom stereocenters. The standard InChI is InChI=1S/C16H21N3O/c1-3-15-16(8-7-13(2)19-15)20-11-10-17-12-14-6-4-5-9-18-14/h4-9,17H,3,10-12H2,1-2H3. The molecule has 0 aromatic carbocycles. The second-order valence-corrected chi connectivity index (χ2v) is 4.60. The molecule has 0 saturated carbocycles. The van der Waals surface area contributed by atoms with E-state index in [0.29, 0.717) is 6.61 Å². The maximum Gasteiger partial charge on any atom is 0.140 e. The molecule has 20 heavy (non-hydrogen) atoms. The van der Waals surface area contributed by atoms with E-state index >= 15 is 0 Å². The zero-order valence-electron chi connectivity index (χ0n) is 12.1. The number of ether oxygens (including phenoxy) is 1. The number of nitrogens with one attached hydrogen (secondary N) is 1. The first-order chi connectivity index (χ1) is 9.79. The summed E-state index contributed by atoms with van der Waals surface area (Å²) in [5.74, 6) is 0.887. The van der Waals surface area contributed by atoms with E-state index in [0.717, 1.165) is 42.3 Å². The molecule has 2 aromatic rings. The molecule has 2 aromatic heterocycles. The number of pyridine rings is 2. The summed E-state index contributed by atoms with van der Waals surface area (Å²) < 4.78 is 5.78. The maximum atomic E-state index is 5.78. The van der Waals surface area contributed by atoms with E-state index in [1.54, 1.807) is 6.20 Å². The topological polar surface area (TPSA) is 47.0 Å². The van der Waals surface area contributed by atoms with Gasteiger partial charge in [-0.1, -0.05) is 13.0 Å². The van der Waals surface area contributed by atoms with Gasteiger partial charge in [0.2, 0.25) is 0 Å². The van der Waals surface area contributed by atoms with Crippen LogP contribution in [0.15, 0.2) is 36.5 Å². The smallest absolute Gasteiger partial charge is 0.140 e. The van der Waals surface area contributed by atoms with Gasteiger partial charge in [0.1, 0.15) is 12.4 Å². The molecule has 0 aliphatic carbocycles. The first kappa shape index (κ1) is 14.5. The Morgan fingerprint density at radius 2 is 2.10 bits per heavy atom. The van der Waals surface area contributed by atoms with Crippen molar-refractivity contribution in [1.82, 2.24) is 15.3 Å². The van der Waals surface area contributed by atoms with Crippen molar-refractivity contribution in [2.75, 3.05) is 13.2 Å². The molecule has 4 heteroatoms. The molecule has 0 aliphatic rings. The zero-order valence-corrected chi connectivity index (χ0v) is 12.1. The van der Waals surface area contributed by atoms with Crippen molar-refractivity contribution in [2.45, 2.75) is 26.8 Å². The molecule has 0 atom stereocenters. The molecule has 0 bridgehead atoms.